The first kappa shape index (κ1) is 16.2. The first-order chi connectivity index (χ1) is 11.1. The van der Waals surface area contributed by atoms with Crippen LogP contribution in [0, 0.1) is 18.3 Å². The first-order valence-electron chi connectivity index (χ1n) is 7.11. The summed E-state index contributed by atoms with van der Waals surface area (Å²) in [6.07, 6.45) is 0. The van der Waals surface area contributed by atoms with Crippen LogP contribution in [-0.2, 0) is 4.79 Å². The summed E-state index contributed by atoms with van der Waals surface area (Å²) in [4.78, 5) is 11.7. The average Bonchev–Trinajstić information content (AvgIpc) is 2.59. The molecule has 116 valence electrons. The van der Waals surface area contributed by atoms with Gasteiger partial charge in [-0.2, -0.15) is 10.4 Å². The van der Waals surface area contributed by atoms with E-state index in [-0.39, 0.29) is 12.5 Å². The fourth-order valence-electron chi connectivity index (χ4n) is 1.81. The minimum atomic E-state index is -0.346. The lowest BCUT2D eigenvalue weighted by Gasteiger charge is -2.06. The van der Waals surface area contributed by atoms with Gasteiger partial charge in [0.25, 0.3) is 5.91 Å². The summed E-state index contributed by atoms with van der Waals surface area (Å²) >= 11 is 0. The van der Waals surface area contributed by atoms with Crippen molar-refractivity contribution >= 4 is 11.6 Å². The van der Waals surface area contributed by atoms with Gasteiger partial charge in [-0.1, -0.05) is 29.8 Å². The van der Waals surface area contributed by atoms with Crippen molar-refractivity contribution in [2.75, 3.05) is 6.61 Å². The molecule has 5 heteroatoms. The molecule has 0 spiro atoms. The Bertz CT molecular complexity index is 741. The maximum atomic E-state index is 11.7. The highest BCUT2D eigenvalue weighted by Gasteiger charge is 2.03. The van der Waals surface area contributed by atoms with Gasteiger partial charge in [-0.05, 0) is 43.7 Å². The Morgan fingerprint density at radius 2 is 1.83 bits per heavy atom. The van der Waals surface area contributed by atoms with E-state index in [0.717, 1.165) is 11.3 Å². The third-order valence-corrected chi connectivity index (χ3v) is 3.17. The van der Waals surface area contributed by atoms with E-state index in [4.69, 9.17) is 10.00 Å². The predicted octanol–water partition coefficient (Wildman–Crippen LogP) is 2.79. The molecule has 0 aliphatic carbocycles. The van der Waals surface area contributed by atoms with E-state index in [0.29, 0.717) is 11.3 Å². The van der Waals surface area contributed by atoms with Gasteiger partial charge < -0.3 is 4.74 Å². The van der Waals surface area contributed by atoms with Crippen molar-refractivity contribution in [3.63, 3.8) is 0 Å². The molecule has 23 heavy (non-hydrogen) atoms. The maximum Gasteiger partial charge on any atom is 0.277 e. The predicted molar refractivity (Wildman–Crippen MR) is 88.2 cm³/mol. The molecule has 2 aromatic rings. The van der Waals surface area contributed by atoms with Crippen LogP contribution < -0.4 is 10.2 Å². The monoisotopic (exact) mass is 307 g/mol. The molecule has 0 atom stereocenters. The number of carbonyl (C=O) groups excluding carboxylic acids is 1. The van der Waals surface area contributed by atoms with Crippen LogP contribution in [0.25, 0.3) is 0 Å². The highest BCUT2D eigenvalue weighted by Crippen LogP contribution is 2.11. The normalized spacial score (nSPS) is 10.7. The topological polar surface area (TPSA) is 74.5 Å². The van der Waals surface area contributed by atoms with E-state index in [9.17, 15) is 4.79 Å². The number of amides is 1. The van der Waals surface area contributed by atoms with Crippen LogP contribution in [0.2, 0.25) is 0 Å². The number of nitrogens with zero attached hydrogens (tertiary/aromatic N) is 2. The van der Waals surface area contributed by atoms with Crippen LogP contribution in [0.5, 0.6) is 5.75 Å². The Kier molecular flexibility index (Phi) is 5.48. The lowest BCUT2D eigenvalue weighted by atomic mass is 10.1. The van der Waals surface area contributed by atoms with Gasteiger partial charge in [-0.3, -0.25) is 4.79 Å². The second kappa shape index (κ2) is 7.76. The molecule has 0 heterocycles. The lowest BCUT2D eigenvalue weighted by molar-refractivity contribution is -0.123. The van der Waals surface area contributed by atoms with Gasteiger partial charge in [0, 0.05) is 0 Å². The highest BCUT2D eigenvalue weighted by molar-refractivity contribution is 5.99. The second-order valence-corrected chi connectivity index (χ2v) is 5.02. The Balaban J connectivity index is 1.85. The molecule has 0 aromatic heterocycles. The van der Waals surface area contributed by atoms with Crippen LogP contribution in [0.1, 0.15) is 23.6 Å². The molecule has 1 amide bonds. The van der Waals surface area contributed by atoms with Crippen LogP contribution in [0.3, 0.4) is 0 Å². The van der Waals surface area contributed by atoms with Gasteiger partial charge >= 0.3 is 0 Å². The van der Waals surface area contributed by atoms with Crippen molar-refractivity contribution in [3.05, 3.63) is 65.2 Å². The van der Waals surface area contributed by atoms with Gasteiger partial charge in [-0.15, -0.1) is 0 Å². The summed E-state index contributed by atoms with van der Waals surface area (Å²) in [5.74, 6) is 0.180. The van der Waals surface area contributed by atoms with Crippen LogP contribution in [0.4, 0.5) is 0 Å². The van der Waals surface area contributed by atoms with E-state index < -0.39 is 0 Å². The minimum Gasteiger partial charge on any atom is -0.484 e. The van der Waals surface area contributed by atoms with E-state index >= 15 is 0 Å². The largest absolute Gasteiger partial charge is 0.484 e. The third-order valence-electron chi connectivity index (χ3n) is 3.17. The fourth-order valence-corrected chi connectivity index (χ4v) is 1.81. The number of hydrogen-bond acceptors (Lipinski definition) is 4. The Hall–Kier alpha value is -3.13. The number of aryl methyl sites for hydroxylation is 1. The number of benzene rings is 2. The number of hydrazone groups is 1. The standard InChI is InChI=1S/C18H17N3O2/c1-13-3-7-16(8-4-13)14(2)20-21-18(22)12-23-17-9-5-15(11-19)6-10-17/h3-10H,12H2,1-2H3,(H,21,22)/b20-14+. The Morgan fingerprint density at radius 1 is 1.17 bits per heavy atom. The smallest absolute Gasteiger partial charge is 0.277 e. The molecule has 0 unspecified atom stereocenters. The first-order valence-corrected chi connectivity index (χ1v) is 7.11. The van der Waals surface area contributed by atoms with Gasteiger partial charge in [-0.25, -0.2) is 5.43 Å². The van der Waals surface area contributed by atoms with E-state index in [1.165, 1.54) is 5.56 Å². The zero-order valence-electron chi connectivity index (χ0n) is 13.0. The summed E-state index contributed by atoms with van der Waals surface area (Å²) < 4.78 is 5.33. The van der Waals surface area contributed by atoms with Crippen molar-refractivity contribution < 1.29 is 9.53 Å². The molecule has 0 bridgehead atoms. The molecule has 0 aliphatic rings. The van der Waals surface area contributed by atoms with Gasteiger partial charge in [0.05, 0.1) is 17.3 Å². The Labute approximate surface area is 135 Å². The summed E-state index contributed by atoms with van der Waals surface area (Å²) in [7, 11) is 0. The molecular weight excluding hydrogens is 290 g/mol. The molecule has 2 rings (SSSR count). The number of nitriles is 1. The van der Waals surface area contributed by atoms with E-state index in [1.807, 2.05) is 44.2 Å². The molecule has 2 aromatic carbocycles. The van der Waals surface area contributed by atoms with Crippen molar-refractivity contribution in [3.8, 4) is 11.8 Å². The molecule has 5 nitrogen and oxygen atoms in total. The van der Waals surface area contributed by atoms with E-state index in [1.54, 1.807) is 24.3 Å². The third kappa shape index (κ3) is 4.97. The number of carbonyl (C=O) groups is 1. The SMILES string of the molecule is C/C(=N\NC(=O)COc1ccc(C#N)cc1)c1ccc(C)cc1. The number of ether oxygens (including phenoxy) is 1. The van der Waals surface area contributed by atoms with Crippen LogP contribution in [0.15, 0.2) is 53.6 Å². The highest BCUT2D eigenvalue weighted by atomic mass is 16.5. The van der Waals surface area contributed by atoms with Gasteiger partial charge in [0.2, 0.25) is 0 Å². The minimum absolute atomic E-state index is 0.142. The van der Waals surface area contributed by atoms with Crippen LogP contribution in [-0.4, -0.2) is 18.2 Å². The van der Waals surface area contributed by atoms with E-state index in [2.05, 4.69) is 10.5 Å². The second-order valence-electron chi connectivity index (χ2n) is 5.02. The van der Waals surface area contributed by atoms with Gasteiger partial charge in [0.15, 0.2) is 6.61 Å². The van der Waals surface area contributed by atoms with Crippen molar-refractivity contribution in [1.29, 1.82) is 5.26 Å². The van der Waals surface area contributed by atoms with Crippen molar-refractivity contribution in [1.82, 2.24) is 5.43 Å². The summed E-state index contributed by atoms with van der Waals surface area (Å²) in [5.41, 5.74) is 5.84. The number of rotatable bonds is 5. The quantitative estimate of drug-likeness (QED) is 0.682. The van der Waals surface area contributed by atoms with Crippen molar-refractivity contribution in [2.24, 2.45) is 5.10 Å². The zero-order valence-corrected chi connectivity index (χ0v) is 13.0. The molecule has 0 aliphatic heterocycles. The average molecular weight is 307 g/mol. The molecular formula is C18H17N3O2. The molecule has 1 N–H and O–H groups in total. The fraction of sp³-hybridized carbons (Fsp3) is 0.167. The number of hydrogen-bond donors (Lipinski definition) is 1. The summed E-state index contributed by atoms with van der Waals surface area (Å²) in [6.45, 7) is 3.70. The molecule has 0 saturated heterocycles. The summed E-state index contributed by atoms with van der Waals surface area (Å²) in [6, 6.07) is 16.5. The molecule has 0 fully saturated rings. The maximum absolute atomic E-state index is 11.7. The number of nitrogens with one attached hydrogen (secondary N) is 1. The zero-order chi connectivity index (χ0) is 16.7. The Morgan fingerprint density at radius 3 is 2.43 bits per heavy atom. The molecule has 0 saturated carbocycles. The van der Waals surface area contributed by atoms with Crippen LogP contribution >= 0.6 is 0 Å². The van der Waals surface area contributed by atoms with Gasteiger partial charge in [0.1, 0.15) is 5.75 Å². The molecule has 0 radical (unpaired) electrons. The van der Waals surface area contributed by atoms with Crippen molar-refractivity contribution in [2.45, 2.75) is 13.8 Å². The lowest BCUT2D eigenvalue weighted by Crippen LogP contribution is -2.25. The summed E-state index contributed by atoms with van der Waals surface area (Å²) in [5, 5.41) is 12.8.